The van der Waals surface area contributed by atoms with Gasteiger partial charge in [-0.2, -0.15) is 0 Å². The lowest BCUT2D eigenvalue weighted by atomic mass is 10.2. The first-order valence-electron chi connectivity index (χ1n) is 8.61. The Morgan fingerprint density at radius 2 is 1.68 bits per heavy atom. The first kappa shape index (κ1) is 21.7. The second-order valence-electron chi connectivity index (χ2n) is 8.90. The molecule has 1 amide bonds. The molecule has 0 aromatic rings. The number of nitrogens with zero attached hydrogens (tertiary/aromatic N) is 1. The molecule has 0 saturated carbocycles. The van der Waals surface area contributed by atoms with Gasteiger partial charge in [0, 0.05) is 6.08 Å². The van der Waals surface area contributed by atoms with Gasteiger partial charge >= 0.3 is 12.1 Å². The topological polar surface area (TPSA) is 64.8 Å². The minimum absolute atomic E-state index is 0.0932. The van der Waals surface area contributed by atoms with E-state index >= 15 is 0 Å². The number of methoxy groups -OCH3 is 1. The summed E-state index contributed by atoms with van der Waals surface area (Å²) in [6.07, 6.45) is 2.62. The van der Waals surface area contributed by atoms with E-state index in [1.165, 1.54) is 13.2 Å². The van der Waals surface area contributed by atoms with Crippen molar-refractivity contribution >= 4 is 20.4 Å². The van der Waals surface area contributed by atoms with Crippen molar-refractivity contribution in [1.82, 2.24) is 4.90 Å². The van der Waals surface area contributed by atoms with Gasteiger partial charge in [0.25, 0.3) is 0 Å². The summed E-state index contributed by atoms with van der Waals surface area (Å²) >= 11 is 0. The number of amides is 1. The molecule has 0 spiro atoms. The standard InChI is InChI=1S/C18H33NO5Si/c1-17(2,3)24-16(21)19-13(10-11-15(20)22-7)14(19)12-23-25(8,9)18(4,5)6/h10-11,13-14H,12H2,1-9H3/b11-10+/t13-,14+,19?/m1/s1. The van der Waals surface area contributed by atoms with E-state index in [9.17, 15) is 9.59 Å². The number of carbonyl (C=O) groups is 2. The molecular formula is C18H33NO5Si. The molecule has 1 aliphatic rings. The predicted molar refractivity (Wildman–Crippen MR) is 100.0 cm³/mol. The van der Waals surface area contributed by atoms with Gasteiger partial charge < -0.3 is 13.9 Å². The zero-order chi connectivity index (χ0) is 19.6. The van der Waals surface area contributed by atoms with Crippen LogP contribution in [0, 0.1) is 0 Å². The van der Waals surface area contributed by atoms with Crippen LogP contribution in [-0.2, 0) is 18.7 Å². The summed E-state index contributed by atoms with van der Waals surface area (Å²) in [5.41, 5.74) is -0.568. The van der Waals surface area contributed by atoms with Gasteiger partial charge in [-0.25, -0.2) is 9.59 Å². The Labute approximate surface area is 152 Å². The van der Waals surface area contributed by atoms with Gasteiger partial charge in [0.05, 0.1) is 25.8 Å². The van der Waals surface area contributed by atoms with Gasteiger partial charge in [-0.05, 0) is 38.9 Å². The lowest BCUT2D eigenvalue weighted by molar-refractivity contribution is -0.134. The van der Waals surface area contributed by atoms with E-state index in [2.05, 4.69) is 38.6 Å². The van der Waals surface area contributed by atoms with Crippen molar-refractivity contribution in [3.63, 3.8) is 0 Å². The van der Waals surface area contributed by atoms with Crippen LogP contribution >= 0.6 is 0 Å². The maximum Gasteiger partial charge on any atom is 0.411 e. The molecule has 0 radical (unpaired) electrons. The van der Waals surface area contributed by atoms with Crippen molar-refractivity contribution in [3.8, 4) is 0 Å². The average Bonchev–Trinajstić information content (AvgIpc) is 3.12. The Hall–Kier alpha value is -1.34. The molecule has 1 aliphatic heterocycles. The third-order valence-corrected chi connectivity index (χ3v) is 9.14. The average molecular weight is 372 g/mol. The summed E-state index contributed by atoms with van der Waals surface area (Å²) in [7, 11) is -0.592. The molecule has 144 valence electrons. The van der Waals surface area contributed by atoms with E-state index in [0.717, 1.165) is 0 Å². The van der Waals surface area contributed by atoms with Gasteiger partial charge in [-0.15, -0.1) is 0 Å². The van der Waals surface area contributed by atoms with Crippen LogP contribution in [0.5, 0.6) is 0 Å². The van der Waals surface area contributed by atoms with Gasteiger partial charge in [0.15, 0.2) is 8.32 Å². The molecule has 0 aromatic heterocycles. The summed E-state index contributed by atoms with van der Waals surface area (Å²) in [5.74, 6) is -0.444. The summed E-state index contributed by atoms with van der Waals surface area (Å²) in [6, 6.07) is -0.330. The second kappa shape index (κ2) is 7.49. The van der Waals surface area contributed by atoms with Gasteiger partial charge in [0.2, 0.25) is 0 Å². The largest absolute Gasteiger partial charge is 0.466 e. The van der Waals surface area contributed by atoms with Crippen LogP contribution in [0.3, 0.4) is 0 Å². The second-order valence-corrected chi connectivity index (χ2v) is 13.7. The van der Waals surface area contributed by atoms with Crippen LogP contribution < -0.4 is 0 Å². The highest BCUT2D eigenvalue weighted by Crippen LogP contribution is 2.39. The maximum absolute atomic E-state index is 12.4. The molecule has 1 saturated heterocycles. The smallest absolute Gasteiger partial charge is 0.411 e. The molecule has 7 heteroatoms. The number of rotatable bonds is 5. The minimum atomic E-state index is -1.91. The van der Waals surface area contributed by atoms with Crippen molar-refractivity contribution in [2.24, 2.45) is 0 Å². The Morgan fingerprint density at radius 1 is 1.12 bits per heavy atom. The fourth-order valence-corrected chi connectivity index (χ4v) is 3.05. The Bertz CT molecular complexity index is 531. The molecule has 1 rings (SSSR count). The van der Waals surface area contributed by atoms with Gasteiger partial charge in [-0.1, -0.05) is 26.8 Å². The van der Waals surface area contributed by atoms with E-state index < -0.39 is 26.0 Å². The molecule has 0 aromatic carbocycles. The summed E-state index contributed by atoms with van der Waals surface area (Å²) in [6.45, 7) is 16.8. The molecule has 0 bridgehead atoms. The van der Waals surface area contributed by atoms with Crippen molar-refractivity contribution in [2.45, 2.75) is 77.4 Å². The summed E-state index contributed by atoms with van der Waals surface area (Å²) in [4.78, 5) is 25.3. The predicted octanol–water partition coefficient (Wildman–Crippen LogP) is 3.73. The number of esters is 1. The Kier molecular flexibility index (Phi) is 6.50. The lowest BCUT2D eigenvalue weighted by Gasteiger charge is -2.36. The van der Waals surface area contributed by atoms with Crippen LogP contribution in [0.25, 0.3) is 0 Å². The third-order valence-electron chi connectivity index (χ3n) is 4.64. The van der Waals surface area contributed by atoms with Crippen LogP contribution in [0.1, 0.15) is 41.5 Å². The van der Waals surface area contributed by atoms with Crippen LogP contribution in [0.15, 0.2) is 12.2 Å². The number of ether oxygens (including phenoxy) is 2. The van der Waals surface area contributed by atoms with E-state index in [4.69, 9.17) is 9.16 Å². The lowest BCUT2D eigenvalue weighted by Crippen LogP contribution is -2.42. The SMILES string of the molecule is COC(=O)/C=C/[C@@H]1[C@H](CO[Si](C)(C)C(C)(C)C)N1C(=O)OC(C)(C)C. The number of hydrogen-bond donors (Lipinski definition) is 0. The molecule has 0 unspecified atom stereocenters. The minimum Gasteiger partial charge on any atom is -0.466 e. The number of carbonyl (C=O) groups excluding carboxylic acids is 2. The highest BCUT2D eigenvalue weighted by Gasteiger charge is 2.52. The first-order valence-corrected chi connectivity index (χ1v) is 11.5. The maximum atomic E-state index is 12.4. The Morgan fingerprint density at radius 3 is 2.12 bits per heavy atom. The van der Waals surface area contributed by atoms with Gasteiger partial charge in [-0.3, -0.25) is 4.90 Å². The summed E-state index contributed by atoms with van der Waals surface area (Å²) in [5, 5.41) is 0.0932. The van der Waals surface area contributed by atoms with Crippen LogP contribution in [-0.4, -0.2) is 56.7 Å². The van der Waals surface area contributed by atoms with Crippen LogP contribution in [0.4, 0.5) is 4.79 Å². The van der Waals surface area contributed by atoms with E-state index in [1.807, 2.05) is 20.8 Å². The fourth-order valence-electron chi connectivity index (χ4n) is 2.03. The molecule has 1 fully saturated rings. The molecule has 6 nitrogen and oxygen atoms in total. The highest BCUT2D eigenvalue weighted by molar-refractivity contribution is 6.74. The Balaban J connectivity index is 2.80. The van der Waals surface area contributed by atoms with Crippen LogP contribution in [0.2, 0.25) is 18.1 Å². The van der Waals surface area contributed by atoms with E-state index in [1.54, 1.807) is 11.0 Å². The first-order chi connectivity index (χ1) is 11.2. The zero-order valence-electron chi connectivity index (χ0n) is 17.0. The quantitative estimate of drug-likeness (QED) is 0.319. The fraction of sp³-hybridized carbons (Fsp3) is 0.778. The third kappa shape index (κ3) is 6.15. The zero-order valence-corrected chi connectivity index (χ0v) is 18.0. The molecule has 2 atom stereocenters. The summed E-state index contributed by atoms with van der Waals surface area (Å²) < 4.78 is 16.3. The monoisotopic (exact) mass is 371 g/mol. The van der Waals surface area contributed by atoms with E-state index in [0.29, 0.717) is 6.61 Å². The van der Waals surface area contributed by atoms with E-state index in [-0.39, 0.29) is 17.1 Å². The van der Waals surface area contributed by atoms with Crippen molar-refractivity contribution in [3.05, 3.63) is 12.2 Å². The van der Waals surface area contributed by atoms with Crippen molar-refractivity contribution in [1.29, 1.82) is 0 Å². The van der Waals surface area contributed by atoms with Gasteiger partial charge in [0.1, 0.15) is 5.60 Å². The molecule has 0 aliphatic carbocycles. The molecular weight excluding hydrogens is 338 g/mol. The normalized spacial score (nSPS) is 21.4. The highest BCUT2D eigenvalue weighted by atomic mass is 28.4. The van der Waals surface area contributed by atoms with Crippen molar-refractivity contribution < 1.29 is 23.5 Å². The molecule has 0 N–H and O–H groups in total. The van der Waals surface area contributed by atoms with Crippen molar-refractivity contribution in [2.75, 3.05) is 13.7 Å². The number of hydrogen-bond acceptors (Lipinski definition) is 5. The molecule has 25 heavy (non-hydrogen) atoms. The molecule has 1 heterocycles.